The summed E-state index contributed by atoms with van der Waals surface area (Å²) in [6.07, 6.45) is 5.94. The van der Waals surface area contributed by atoms with Gasteiger partial charge in [-0.1, -0.05) is 24.3 Å². The summed E-state index contributed by atoms with van der Waals surface area (Å²) in [7, 11) is 0. The largest absolute Gasteiger partial charge is 0.344 e. The zero-order valence-corrected chi connectivity index (χ0v) is 14.3. The first kappa shape index (κ1) is 15.9. The molecular weight excluding hydrogens is 316 g/mol. The van der Waals surface area contributed by atoms with Crippen LogP contribution in [0.25, 0.3) is 0 Å². The average molecular weight is 338 g/mol. The predicted octanol–water partition coefficient (Wildman–Crippen LogP) is 2.33. The van der Waals surface area contributed by atoms with Crippen LogP contribution in [0.15, 0.2) is 30.5 Å². The van der Waals surface area contributed by atoms with E-state index in [9.17, 15) is 9.59 Å². The smallest absolute Gasteiger partial charge is 0.248 e. The number of aromatic nitrogens is 2. The van der Waals surface area contributed by atoms with Crippen LogP contribution < -0.4 is 10.6 Å². The highest BCUT2D eigenvalue weighted by Gasteiger charge is 2.30. The highest BCUT2D eigenvalue weighted by Crippen LogP contribution is 2.35. The molecule has 0 spiro atoms. The van der Waals surface area contributed by atoms with Gasteiger partial charge in [-0.2, -0.15) is 5.10 Å². The fourth-order valence-electron chi connectivity index (χ4n) is 3.84. The molecular formula is C19H22N4O2. The van der Waals surface area contributed by atoms with Gasteiger partial charge in [-0.3, -0.25) is 9.59 Å². The molecule has 0 bridgehead atoms. The summed E-state index contributed by atoms with van der Waals surface area (Å²) in [5.41, 5.74) is 3.56. The molecule has 2 aromatic rings. The van der Waals surface area contributed by atoms with Gasteiger partial charge in [-0.25, -0.2) is 4.68 Å². The maximum absolute atomic E-state index is 12.5. The number of benzene rings is 1. The van der Waals surface area contributed by atoms with Gasteiger partial charge in [-0.15, -0.1) is 0 Å². The Labute approximate surface area is 146 Å². The molecule has 1 aromatic carbocycles. The molecule has 1 aliphatic carbocycles. The number of aryl methyl sites for hydroxylation is 2. The highest BCUT2D eigenvalue weighted by atomic mass is 16.2. The number of nitrogens with one attached hydrogen (secondary N) is 2. The molecule has 1 saturated heterocycles. The van der Waals surface area contributed by atoms with Crippen molar-refractivity contribution in [2.75, 3.05) is 5.32 Å². The van der Waals surface area contributed by atoms with Crippen LogP contribution >= 0.6 is 0 Å². The Morgan fingerprint density at radius 2 is 2.12 bits per heavy atom. The van der Waals surface area contributed by atoms with Gasteiger partial charge in [-0.05, 0) is 43.7 Å². The van der Waals surface area contributed by atoms with E-state index in [2.05, 4.69) is 40.0 Å². The van der Waals surface area contributed by atoms with Gasteiger partial charge in [0.2, 0.25) is 11.8 Å². The highest BCUT2D eigenvalue weighted by molar-refractivity contribution is 5.98. The molecule has 1 fully saturated rings. The second-order valence-corrected chi connectivity index (χ2v) is 6.88. The molecule has 0 radical (unpaired) electrons. The lowest BCUT2D eigenvalue weighted by Crippen LogP contribution is -2.38. The summed E-state index contributed by atoms with van der Waals surface area (Å²) in [6, 6.07) is 8.13. The van der Waals surface area contributed by atoms with Crippen molar-refractivity contribution >= 4 is 17.6 Å². The van der Waals surface area contributed by atoms with E-state index in [1.807, 2.05) is 11.6 Å². The zero-order chi connectivity index (χ0) is 17.4. The number of anilines is 1. The molecule has 2 unspecified atom stereocenters. The molecule has 2 atom stereocenters. The number of carbonyl (C=O) groups excluding carboxylic acids is 2. The van der Waals surface area contributed by atoms with Gasteiger partial charge in [0.1, 0.15) is 11.9 Å². The van der Waals surface area contributed by atoms with E-state index >= 15 is 0 Å². The lowest BCUT2D eigenvalue weighted by molar-refractivity contribution is -0.122. The van der Waals surface area contributed by atoms with E-state index in [1.54, 1.807) is 6.20 Å². The summed E-state index contributed by atoms with van der Waals surface area (Å²) in [4.78, 5) is 23.9. The summed E-state index contributed by atoms with van der Waals surface area (Å²) in [5, 5.41) is 10.3. The van der Waals surface area contributed by atoms with Crippen molar-refractivity contribution in [3.05, 3.63) is 47.2 Å². The fraction of sp³-hybridized carbons (Fsp3) is 0.421. The zero-order valence-electron chi connectivity index (χ0n) is 14.3. The van der Waals surface area contributed by atoms with E-state index in [1.165, 1.54) is 11.1 Å². The van der Waals surface area contributed by atoms with Gasteiger partial charge >= 0.3 is 0 Å². The molecule has 4 rings (SSSR count). The van der Waals surface area contributed by atoms with Crippen molar-refractivity contribution in [3.63, 3.8) is 0 Å². The van der Waals surface area contributed by atoms with Gasteiger partial charge < -0.3 is 10.6 Å². The summed E-state index contributed by atoms with van der Waals surface area (Å²) >= 11 is 0. The SMILES string of the molecule is Cc1cnn(C2CCCc3ccccc32)c1NC(=O)C1CCC(=O)N1. The van der Waals surface area contributed by atoms with E-state index in [0.29, 0.717) is 12.8 Å². The predicted molar refractivity (Wildman–Crippen MR) is 94.3 cm³/mol. The summed E-state index contributed by atoms with van der Waals surface area (Å²) in [6.45, 7) is 1.95. The Balaban J connectivity index is 1.62. The van der Waals surface area contributed by atoms with Crippen LogP contribution in [0.5, 0.6) is 0 Å². The maximum Gasteiger partial charge on any atom is 0.248 e. The Morgan fingerprint density at radius 3 is 2.92 bits per heavy atom. The third-order valence-corrected chi connectivity index (χ3v) is 5.16. The first-order valence-electron chi connectivity index (χ1n) is 8.85. The third kappa shape index (κ3) is 2.92. The molecule has 2 heterocycles. The van der Waals surface area contributed by atoms with Crippen molar-refractivity contribution in [2.24, 2.45) is 0 Å². The average Bonchev–Trinajstić information content (AvgIpc) is 3.21. The molecule has 2 aliphatic rings. The normalized spacial score (nSPS) is 22.4. The summed E-state index contributed by atoms with van der Waals surface area (Å²) < 4.78 is 1.93. The number of amides is 2. The first-order valence-corrected chi connectivity index (χ1v) is 8.85. The molecule has 130 valence electrons. The number of rotatable bonds is 3. The van der Waals surface area contributed by atoms with Crippen LogP contribution in [0, 0.1) is 6.92 Å². The van der Waals surface area contributed by atoms with E-state index < -0.39 is 6.04 Å². The molecule has 1 aliphatic heterocycles. The standard InChI is InChI=1S/C19H22N4O2/c1-12-11-20-23(16-8-4-6-13-5-2-3-7-14(13)16)18(12)22-19(25)15-9-10-17(24)21-15/h2-3,5,7,11,15-16H,4,6,8-10H2,1H3,(H,21,24)(H,22,25). The number of hydrogen-bond acceptors (Lipinski definition) is 3. The minimum atomic E-state index is -0.450. The topological polar surface area (TPSA) is 76.0 Å². The van der Waals surface area contributed by atoms with Crippen LogP contribution in [0.3, 0.4) is 0 Å². The fourth-order valence-corrected chi connectivity index (χ4v) is 3.84. The molecule has 2 N–H and O–H groups in total. The molecule has 6 nitrogen and oxygen atoms in total. The number of carbonyl (C=O) groups is 2. The minimum absolute atomic E-state index is 0.0633. The van der Waals surface area contributed by atoms with Crippen LogP contribution in [0.1, 0.15) is 48.4 Å². The second kappa shape index (κ2) is 6.35. The molecule has 25 heavy (non-hydrogen) atoms. The van der Waals surface area contributed by atoms with Crippen molar-refractivity contribution in [1.29, 1.82) is 0 Å². The third-order valence-electron chi connectivity index (χ3n) is 5.16. The molecule has 6 heteroatoms. The van der Waals surface area contributed by atoms with Gasteiger partial charge in [0.25, 0.3) is 0 Å². The van der Waals surface area contributed by atoms with E-state index in [0.717, 1.165) is 30.6 Å². The monoisotopic (exact) mass is 338 g/mol. The number of hydrogen-bond donors (Lipinski definition) is 2. The molecule has 0 saturated carbocycles. The number of fused-ring (bicyclic) bond motifs is 1. The van der Waals surface area contributed by atoms with Crippen LogP contribution in [-0.4, -0.2) is 27.6 Å². The lowest BCUT2D eigenvalue weighted by Gasteiger charge is -2.27. The van der Waals surface area contributed by atoms with Crippen molar-refractivity contribution in [2.45, 2.75) is 51.1 Å². The minimum Gasteiger partial charge on any atom is -0.344 e. The van der Waals surface area contributed by atoms with Gasteiger partial charge in [0, 0.05) is 12.0 Å². The van der Waals surface area contributed by atoms with Crippen LogP contribution in [-0.2, 0) is 16.0 Å². The van der Waals surface area contributed by atoms with E-state index in [4.69, 9.17) is 0 Å². The number of nitrogens with zero attached hydrogens (tertiary/aromatic N) is 2. The van der Waals surface area contributed by atoms with Crippen LogP contribution in [0.2, 0.25) is 0 Å². The van der Waals surface area contributed by atoms with Crippen LogP contribution in [0.4, 0.5) is 5.82 Å². The first-order chi connectivity index (χ1) is 12.1. The van der Waals surface area contributed by atoms with Gasteiger partial charge in [0.15, 0.2) is 0 Å². The Kier molecular flexibility index (Phi) is 4.03. The Morgan fingerprint density at radius 1 is 1.28 bits per heavy atom. The second-order valence-electron chi connectivity index (χ2n) is 6.88. The van der Waals surface area contributed by atoms with Crippen molar-refractivity contribution in [3.8, 4) is 0 Å². The molecule has 2 amide bonds. The Hall–Kier alpha value is -2.63. The summed E-state index contributed by atoms with van der Waals surface area (Å²) in [5.74, 6) is 0.499. The lowest BCUT2D eigenvalue weighted by atomic mass is 9.88. The quantitative estimate of drug-likeness (QED) is 0.902. The Bertz CT molecular complexity index is 827. The van der Waals surface area contributed by atoms with Crippen molar-refractivity contribution in [1.82, 2.24) is 15.1 Å². The maximum atomic E-state index is 12.5. The molecule has 1 aromatic heterocycles. The van der Waals surface area contributed by atoms with Gasteiger partial charge in [0.05, 0.1) is 12.2 Å². The van der Waals surface area contributed by atoms with Crippen molar-refractivity contribution < 1.29 is 9.59 Å². The van der Waals surface area contributed by atoms with E-state index in [-0.39, 0.29) is 17.9 Å².